The van der Waals surface area contributed by atoms with Gasteiger partial charge in [-0.05, 0) is 10.8 Å². The molecule has 0 heteroatoms. The molecule has 0 N–H and O–H groups in total. The Morgan fingerprint density at radius 2 is 0.250 bits per heavy atom. The minimum absolute atomic E-state index is 0. The normalized spacial score (nSPS) is 6.00. The van der Waals surface area contributed by atoms with Crippen molar-refractivity contribution in [3.05, 3.63) is 0 Å². The van der Waals surface area contributed by atoms with E-state index in [0.717, 1.165) is 0 Å². The van der Waals surface area contributed by atoms with Crippen LogP contribution in [0.3, 0.4) is 0 Å². The van der Waals surface area contributed by atoms with Crippen LogP contribution < -0.4 is 0 Å². The SMILES string of the molecule is C.C.C.C.C.C.CC.CC.CC.CC.CC(C)(C)C.CC(C)(C)C. The molecule has 0 saturated carbocycles. The maximum Gasteiger partial charge on any atom is -0.0411 e. The maximum atomic E-state index is 2.19. The molecule has 0 amide bonds. The molecule has 0 nitrogen and oxygen atoms in total. The first-order valence-electron chi connectivity index (χ1n) is 8.00. The first kappa shape index (κ1) is 88.2. The van der Waals surface area contributed by atoms with E-state index in [-0.39, 0.29) is 44.6 Å². The predicted molar refractivity (Wildman–Crippen MR) is 136 cm³/mol. The van der Waals surface area contributed by atoms with Gasteiger partial charge in [-0.2, -0.15) is 0 Å². The summed E-state index contributed by atoms with van der Waals surface area (Å²) in [4.78, 5) is 0. The summed E-state index contributed by atoms with van der Waals surface area (Å²) < 4.78 is 0. The number of hydrogen-bond acceptors (Lipinski definition) is 0. The molecule has 0 aromatic carbocycles. The lowest BCUT2D eigenvalue weighted by molar-refractivity contribution is 0.469. The van der Waals surface area contributed by atoms with Crippen molar-refractivity contribution in [3.63, 3.8) is 0 Å². The average Bonchev–Trinajstić information content (AvgIpc) is 2.24. The number of hydrogen-bond donors (Lipinski definition) is 0. The van der Waals surface area contributed by atoms with E-state index in [1.807, 2.05) is 55.4 Å². The molecule has 0 saturated heterocycles. The highest BCUT2D eigenvalue weighted by Gasteiger charge is 1.96. The van der Waals surface area contributed by atoms with Gasteiger partial charge in [-0.3, -0.25) is 0 Å². The van der Waals surface area contributed by atoms with Crippen LogP contribution in [-0.4, -0.2) is 0 Å². The van der Waals surface area contributed by atoms with Crippen LogP contribution >= 0.6 is 0 Å². The Balaban J connectivity index is -0.00000000723. The molecule has 0 heterocycles. The van der Waals surface area contributed by atoms with E-state index in [1.165, 1.54) is 0 Å². The van der Waals surface area contributed by atoms with E-state index >= 15 is 0 Å². The molecule has 0 aliphatic rings. The third kappa shape index (κ3) is 0. The van der Waals surface area contributed by atoms with E-state index in [9.17, 15) is 0 Å². The van der Waals surface area contributed by atoms with Crippen LogP contribution in [0.4, 0.5) is 0 Å². The van der Waals surface area contributed by atoms with E-state index < -0.39 is 0 Å². The van der Waals surface area contributed by atoms with Gasteiger partial charge in [0.25, 0.3) is 0 Å². The second-order valence-corrected chi connectivity index (χ2v) is 6.00. The Labute approximate surface area is 166 Å². The van der Waals surface area contributed by atoms with Crippen LogP contribution in [0.2, 0.25) is 0 Å². The number of rotatable bonds is 0. The van der Waals surface area contributed by atoms with Crippen LogP contribution in [0, 0.1) is 10.8 Å². The summed E-state index contributed by atoms with van der Waals surface area (Å²) in [5, 5.41) is 0. The first-order valence-corrected chi connectivity index (χ1v) is 8.00. The molecule has 0 aliphatic heterocycles. The van der Waals surface area contributed by atoms with Gasteiger partial charge < -0.3 is 0 Å². The standard InChI is InChI=1S/2C5H12.4C2H6.6CH4/c2*1-5(2,3)4;4*1-2;;;;;;/h2*1-4H3;4*1-2H3;6*1H4. The lowest BCUT2D eigenvalue weighted by atomic mass is 10.0. The summed E-state index contributed by atoms with van der Waals surface area (Å²) in [6.45, 7) is 33.5. The highest BCUT2D eigenvalue weighted by molar-refractivity contribution is 4.47. The highest BCUT2D eigenvalue weighted by Crippen LogP contribution is 2.08. The summed E-state index contributed by atoms with van der Waals surface area (Å²) in [6, 6.07) is 0. The molecule has 0 rings (SSSR count). The summed E-state index contributed by atoms with van der Waals surface area (Å²) in [7, 11) is 0. The summed E-state index contributed by atoms with van der Waals surface area (Å²) in [6.07, 6.45) is 0. The Kier molecular flexibility index (Phi) is 284. The molecule has 0 fully saturated rings. The summed E-state index contributed by atoms with van der Waals surface area (Å²) in [5.41, 5.74) is 1.00. The fourth-order valence-corrected chi connectivity index (χ4v) is 0. The van der Waals surface area contributed by atoms with Crippen molar-refractivity contribution in [3.8, 4) is 0 Å². The second-order valence-electron chi connectivity index (χ2n) is 6.00. The van der Waals surface area contributed by atoms with Gasteiger partial charge in [-0.1, -0.05) is 155 Å². The third-order valence-electron chi connectivity index (χ3n) is 0. The quantitative estimate of drug-likeness (QED) is 0.402. The first-order chi connectivity index (χ1) is 8.00. The Bertz CT molecular complexity index is 43.0. The molecule has 0 radical (unpaired) electrons. The van der Waals surface area contributed by atoms with E-state index in [0.29, 0.717) is 10.8 Å². The molecule has 0 spiro atoms. The molecule has 0 aliphatic carbocycles. The molecule has 0 aromatic rings. The minimum atomic E-state index is 0. The second kappa shape index (κ2) is 77.3. The molecular formula is C24H72. The third-order valence-corrected chi connectivity index (χ3v) is 0. The maximum absolute atomic E-state index is 2.19. The van der Waals surface area contributed by atoms with Crippen LogP contribution in [-0.2, 0) is 0 Å². The summed E-state index contributed by atoms with van der Waals surface area (Å²) >= 11 is 0. The molecule has 168 valence electrons. The van der Waals surface area contributed by atoms with E-state index in [1.54, 1.807) is 0 Å². The van der Waals surface area contributed by atoms with Gasteiger partial charge in [-0.15, -0.1) is 0 Å². The lowest BCUT2D eigenvalue weighted by Crippen LogP contribution is -1.93. The fraction of sp³-hybridized carbons (Fsp3) is 1.00. The van der Waals surface area contributed by atoms with Gasteiger partial charge in [-0.25, -0.2) is 0 Å². The molecular weight excluding hydrogens is 288 g/mol. The highest BCUT2D eigenvalue weighted by atomic mass is 14.0. The minimum Gasteiger partial charge on any atom is -0.0776 e. The van der Waals surface area contributed by atoms with Crippen LogP contribution in [0.25, 0.3) is 0 Å². The monoisotopic (exact) mass is 361 g/mol. The smallest absolute Gasteiger partial charge is 0.0411 e. The molecule has 24 heavy (non-hydrogen) atoms. The summed E-state index contributed by atoms with van der Waals surface area (Å²) in [5.74, 6) is 0. The van der Waals surface area contributed by atoms with E-state index in [2.05, 4.69) is 55.4 Å². The van der Waals surface area contributed by atoms with Crippen molar-refractivity contribution in [1.82, 2.24) is 0 Å². The predicted octanol–water partition coefficient (Wildman–Crippen LogP) is 12.0. The molecule has 0 bridgehead atoms. The molecule has 0 atom stereocenters. The van der Waals surface area contributed by atoms with E-state index in [4.69, 9.17) is 0 Å². The largest absolute Gasteiger partial charge is 0.0776 e. The van der Waals surface area contributed by atoms with Crippen LogP contribution in [0.5, 0.6) is 0 Å². The zero-order valence-electron chi connectivity index (χ0n) is 17.0. The van der Waals surface area contributed by atoms with Gasteiger partial charge >= 0.3 is 0 Å². The van der Waals surface area contributed by atoms with Crippen LogP contribution in [0.15, 0.2) is 0 Å². The van der Waals surface area contributed by atoms with Crippen molar-refractivity contribution < 1.29 is 0 Å². The van der Waals surface area contributed by atoms with Crippen molar-refractivity contribution >= 4 is 0 Å². The van der Waals surface area contributed by atoms with Crippen molar-refractivity contribution in [2.75, 3.05) is 0 Å². The Hall–Kier alpha value is 0. The van der Waals surface area contributed by atoms with Crippen molar-refractivity contribution in [2.24, 2.45) is 10.8 Å². The van der Waals surface area contributed by atoms with Crippen molar-refractivity contribution in [1.29, 1.82) is 0 Å². The molecule has 0 aromatic heterocycles. The zero-order chi connectivity index (χ0) is 17.0. The van der Waals surface area contributed by atoms with Gasteiger partial charge in [0.2, 0.25) is 0 Å². The van der Waals surface area contributed by atoms with Gasteiger partial charge in [0.15, 0.2) is 0 Å². The fourth-order valence-electron chi connectivity index (χ4n) is 0. The van der Waals surface area contributed by atoms with Crippen LogP contribution in [0.1, 0.15) is 155 Å². The zero-order valence-corrected chi connectivity index (χ0v) is 17.0. The Morgan fingerprint density at radius 3 is 0.250 bits per heavy atom. The Morgan fingerprint density at radius 1 is 0.250 bits per heavy atom. The van der Waals surface area contributed by atoms with Crippen molar-refractivity contribution in [2.45, 2.75) is 155 Å². The molecule has 0 unspecified atom stereocenters. The van der Waals surface area contributed by atoms with Gasteiger partial charge in [0.05, 0.1) is 0 Å². The topological polar surface area (TPSA) is 0 Å². The van der Waals surface area contributed by atoms with Gasteiger partial charge in [0, 0.05) is 0 Å². The average molecular weight is 361 g/mol. The van der Waals surface area contributed by atoms with Gasteiger partial charge in [0.1, 0.15) is 0 Å². The lowest BCUT2D eigenvalue weighted by Gasteiger charge is -2.05.